The number of hydrogen-bond donors (Lipinski definition) is 1. The Kier molecular flexibility index (Phi) is 12.3. The van der Waals surface area contributed by atoms with Crippen molar-refractivity contribution < 1.29 is 47.3 Å². The number of aryl methyl sites for hydroxylation is 2. The van der Waals surface area contributed by atoms with Crippen LogP contribution in [0.1, 0.15) is 101 Å². The van der Waals surface area contributed by atoms with Gasteiger partial charge in [0.05, 0.1) is 23.9 Å². The van der Waals surface area contributed by atoms with Crippen molar-refractivity contribution in [1.82, 2.24) is 19.4 Å². The fourth-order valence-electron chi connectivity index (χ4n) is 7.60. The predicted molar refractivity (Wildman–Crippen MR) is 211 cm³/mol. The lowest BCUT2D eigenvalue weighted by atomic mass is 10.00. The molecule has 306 valence electrons. The summed E-state index contributed by atoms with van der Waals surface area (Å²) >= 11 is 0. The number of aromatic nitrogens is 3. The van der Waals surface area contributed by atoms with Gasteiger partial charge in [-0.2, -0.15) is 0 Å². The van der Waals surface area contributed by atoms with Gasteiger partial charge >= 0.3 is 6.09 Å². The molecule has 7 rings (SSSR count). The number of ketones is 2. The first-order valence-electron chi connectivity index (χ1n) is 19.7. The Balaban J connectivity index is 1.01. The standard InChI is InChI=1S/C42H48N6O10/c1-5-17-56-42(53)48-31-23-34(25(2)20-28(31)40(52)47-16-8-6-11-30(47)41(48)58-37-13-7-9-18-55-37)54-19-10-12-36(51)44-35-24-46(4)38(45-35)32(50)22-27-14-15-33-29(21-27)43-39(57-33)26(3)49/h5,14-15,20-21,23-24,30,37,41H,1,6-13,16-19,22H2,2-4H3,(H,44,51)/t30-,37?,41?/m0/s1. The third-order valence-corrected chi connectivity index (χ3v) is 10.4. The van der Waals surface area contributed by atoms with E-state index >= 15 is 0 Å². The highest BCUT2D eigenvalue weighted by Gasteiger charge is 2.46. The van der Waals surface area contributed by atoms with Crippen LogP contribution in [0.15, 0.2) is 53.6 Å². The van der Waals surface area contributed by atoms with Gasteiger partial charge in [-0.05, 0) is 81.2 Å². The van der Waals surface area contributed by atoms with E-state index in [0.717, 1.165) is 25.7 Å². The maximum Gasteiger partial charge on any atom is 0.416 e. The number of nitrogens with zero attached hydrogens (tertiary/aromatic N) is 5. The molecule has 5 heterocycles. The lowest BCUT2D eigenvalue weighted by Crippen LogP contribution is -2.57. The first-order valence-corrected chi connectivity index (χ1v) is 19.7. The molecular formula is C42H48N6O10. The van der Waals surface area contributed by atoms with Gasteiger partial charge in [-0.1, -0.05) is 18.7 Å². The third-order valence-electron chi connectivity index (χ3n) is 10.4. The SMILES string of the molecule is C=CCOC(=O)N1c2cc(OCCCC(=O)Nc3cn(C)c(C(=O)Cc4ccc5oc(C(C)=O)nc5c4)n3)c(C)cc2C(=O)N2CCCC[C@H]2C1OC1CCCCO1. The molecule has 3 atom stereocenters. The van der Waals surface area contributed by atoms with Crippen molar-refractivity contribution in [1.29, 1.82) is 0 Å². The molecule has 0 saturated carbocycles. The molecule has 2 fully saturated rings. The molecule has 2 saturated heterocycles. The number of fused-ring (bicyclic) bond motifs is 3. The summed E-state index contributed by atoms with van der Waals surface area (Å²) in [5.74, 6) is -0.232. The number of ether oxygens (including phenoxy) is 4. The second-order valence-electron chi connectivity index (χ2n) is 14.8. The van der Waals surface area contributed by atoms with Crippen LogP contribution in [0.4, 0.5) is 16.3 Å². The molecule has 16 heteroatoms. The summed E-state index contributed by atoms with van der Waals surface area (Å²) in [4.78, 5) is 77.6. The van der Waals surface area contributed by atoms with Crippen LogP contribution in [0.25, 0.3) is 11.1 Å². The number of nitrogens with one attached hydrogen (secondary N) is 1. The van der Waals surface area contributed by atoms with Crippen LogP contribution in [-0.2, 0) is 32.5 Å². The van der Waals surface area contributed by atoms with Gasteiger partial charge in [0.1, 0.15) is 17.9 Å². The molecule has 2 aromatic heterocycles. The second kappa shape index (κ2) is 17.7. The molecule has 2 aromatic carbocycles. The van der Waals surface area contributed by atoms with E-state index in [1.165, 1.54) is 17.9 Å². The maximum absolute atomic E-state index is 14.2. The fourth-order valence-corrected chi connectivity index (χ4v) is 7.60. The average Bonchev–Trinajstić information content (AvgIpc) is 3.79. The van der Waals surface area contributed by atoms with Crippen molar-refractivity contribution in [2.24, 2.45) is 7.05 Å². The van der Waals surface area contributed by atoms with E-state index in [4.69, 9.17) is 23.4 Å². The largest absolute Gasteiger partial charge is 0.493 e. The van der Waals surface area contributed by atoms with E-state index in [2.05, 4.69) is 21.9 Å². The summed E-state index contributed by atoms with van der Waals surface area (Å²) in [6, 6.07) is 8.08. The number of rotatable bonds is 14. The number of piperidine rings is 1. The normalized spacial score (nSPS) is 19.2. The third kappa shape index (κ3) is 8.82. The van der Waals surface area contributed by atoms with E-state index in [9.17, 15) is 24.0 Å². The molecule has 0 bridgehead atoms. The van der Waals surface area contributed by atoms with Gasteiger partial charge in [0.2, 0.25) is 17.5 Å². The van der Waals surface area contributed by atoms with Gasteiger partial charge in [-0.3, -0.25) is 19.2 Å². The molecule has 3 aliphatic rings. The van der Waals surface area contributed by atoms with Crippen LogP contribution in [0, 0.1) is 6.92 Å². The van der Waals surface area contributed by atoms with Crippen LogP contribution in [-0.4, -0.2) is 93.8 Å². The molecule has 58 heavy (non-hydrogen) atoms. The number of oxazole rings is 1. The Morgan fingerprint density at radius 2 is 1.90 bits per heavy atom. The highest BCUT2D eigenvalue weighted by Crippen LogP contribution is 2.40. The first-order chi connectivity index (χ1) is 28.0. The van der Waals surface area contributed by atoms with Crippen molar-refractivity contribution in [3.05, 3.63) is 77.6 Å². The number of amides is 3. The molecule has 1 N–H and O–H groups in total. The Morgan fingerprint density at radius 3 is 2.67 bits per heavy atom. The molecule has 16 nitrogen and oxygen atoms in total. The zero-order chi connectivity index (χ0) is 40.9. The lowest BCUT2D eigenvalue weighted by Gasteiger charge is -2.42. The van der Waals surface area contributed by atoms with Gasteiger partial charge in [-0.15, -0.1) is 0 Å². The van der Waals surface area contributed by atoms with Crippen molar-refractivity contribution >= 4 is 52.1 Å². The van der Waals surface area contributed by atoms with Gasteiger partial charge < -0.3 is 38.1 Å². The summed E-state index contributed by atoms with van der Waals surface area (Å²) in [6.45, 7) is 8.09. The van der Waals surface area contributed by atoms with E-state index in [1.54, 1.807) is 48.1 Å². The van der Waals surface area contributed by atoms with Crippen LogP contribution in [0.3, 0.4) is 0 Å². The van der Waals surface area contributed by atoms with Gasteiger partial charge in [0, 0.05) is 52.2 Å². The monoisotopic (exact) mass is 796 g/mol. The first kappa shape index (κ1) is 40.3. The number of carbonyl (C=O) groups excluding carboxylic acids is 5. The summed E-state index contributed by atoms with van der Waals surface area (Å²) in [5.41, 5.74) is 2.94. The Labute approximate surface area is 335 Å². The van der Waals surface area contributed by atoms with E-state index < -0.39 is 24.7 Å². The number of benzene rings is 2. The zero-order valence-corrected chi connectivity index (χ0v) is 33.0. The Hall–Kier alpha value is -5.87. The van der Waals surface area contributed by atoms with E-state index in [0.29, 0.717) is 71.6 Å². The summed E-state index contributed by atoms with van der Waals surface area (Å²) in [5, 5.41) is 2.76. The molecule has 2 unspecified atom stereocenters. The molecule has 4 aromatic rings. The summed E-state index contributed by atoms with van der Waals surface area (Å²) < 4.78 is 31.3. The molecule has 0 spiro atoms. The number of carbonyl (C=O) groups is 5. The quantitative estimate of drug-likeness (QED) is 0.0855. The minimum atomic E-state index is -0.862. The lowest BCUT2D eigenvalue weighted by molar-refractivity contribution is -0.198. The zero-order valence-electron chi connectivity index (χ0n) is 33.0. The minimum Gasteiger partial charge on any atom is -0.493 e. The number of Topliss-reactive ketones (excluding diaryl/α,β-unsaturated/α-hetero) is 2. The Morgan fingerprint density at radius 1 is 1.07 bits per heavy atom. The molecule has 0 aliphatic carbocycles. The fraction of sp³-hybridized carbons (Fsp3) is 0.452. The number of hydrogen-bond acceptors (Lipinski definition) is 12. The van der Waals surface area contributed by atoms with Gasteiger partial charge in [0.15, 0.2) is 29.7 Å². The number of imidazole rings is 1. The Bertz CT molecular complexity index is 2220. The minimum absolute atomic E-state index is 0.00616. The number of anilines is 2. The average molecular weight is 797 g/mol. The molecule has 3 amide bonds. The summed E-state index contributed by atoms with van der Waals surface area (Å²) in [7, 11) is 1.67. The molecular weight excluding hydrogens is 748 g/mol. The van der Waals surface area contributed by atoms with Crippen molar-refractivity contribution in [3.63, 3.8) is 0 Å². The topological polar surface area (TPSA) is 185 Å². The van der Waals surface area contributed by atoms with E-state index in [-0.39, 0.29) is 67.0 Å². The van der Waals surface area contributed by atoms with Gasteiger partial charge in [-0.25, -0.2) is 19.7 Å². The van der Waals surface area contributed by atoms with Crippen LogP contribution < -0.4 is 15.0 Å². The van der Waals surface area contributed by atoms with Gasteiger partial charge in [0.25, 0.3) is 11.8 Å². The smallest absolute Gasteiger partial charge is 0.416 e. The summed E-state index contributed by atoms with van der Waals surface area (Å²) in [6.07, 6.45) is 6.31. The van der Waals surface area contributed by atoms with Crippen molar-refractivity contribution in [2.75, 3.05) is 36.6 Å². The molecule has 0 radical (unpaired) electrons. The second-order valence-corrected chi connectivity index (χ2v) is 14.8. The van der Waals surface area contributed by atoms with E-state index in [1.807, 2.05) is 11.8 Å². The highest BCUT2D eigenvalue weighted by molar-refractivity contribution is 6.05. The van der Waals surface area contributed by atoms with Crippen molar-refractivity contribution in [3.8, 4) is 5.75 Å². The highest BCUT2D eigenvalue weighted by atomic mass is 16.7. The van der Waals surface area contributed by atoms with Crippen molar-refractivity contribution in [2.45, 2.75) is 90.2 Å². The predicted octanol–water partition coefficient (Wildman–Crippen LogP) is 6.30. The van der Waals surface area contributed by atoms with Crippen LogP contribution in [0.5, 0.6) is 5.75 Å². The van der Waals surface area contributed by atoms with Crippen LogP contribution >= 0.6 is 0 Å². The maximum atomic E-state index is 14.2. The van der Waals surface area contributed by atoms with Crippen LogP contribution in [0.2, 0.25) is 0 Å². The molecule has 3 aliphatic heterocycles.